The van der Waals surface area contributed by atoms with Crippen molar-refractivity contribution < 1.29 is 19.1 Å². The van der Waals surface area contributed by atoms with Crippen LogP contribution in [0, 0.1) is 0 Å². The average Bonchev–Trinajstić information content (AvgIpc) is 3.06. The summed E-state index contributed by atoms with van der Waals surface area (Å²) in [5, 5.41) is 11.4. The van der Waals surface area contributed by atoms with Crippen molar-refractivity contribution >= 4 is 23.2 Å². The van der Waals surface area contributed by atoms with Gasteiger partial charge in [0.25, 0.3) is 5.91 Å². The highest BCUT2D eigenvalue weighted by atomic mass is 32.1. The lowest BCUT2D eigenvalue weighted by atomic mass is 10.0. The minimum absolute atomic E-state index is 0.225. The smallest absolute Gasteiger partial charge is 0.329 e. The van der Waals surface area contributed by atoms with Crippen LogP contribution in [0.2, 0.25) is 0 Å². The fraction of sp³-hybridized carbons (Fsp3) is 0.308. The van der Waals surface area contributed by atoms with Gasteiger partial charge < -0.3 is 14.4 Å². The number of aliphatic carboxylic acids is 1. The van der Waals surface area contributed by atoms with Crippen LogP contribution >= 0.6 is 11.3 Å². The molecule has 2 aromatic rings. The van der Waals surface area contributed by atoms with E-state index in [1.807, 2.05) is 0 Å². The van der Waals surface area contributed by atoms with E-state index in [1.54, 1.807) is 11.4 Å². The predicted octanol–water partition coefficient (Wildman–Crippen LogP) is 2.34. The maximum atomic E-state index is 12.3. The van der Waals surface area contributed by atoms with Gasteiger partial charge in [-0.2, -0.15) is 0 Å². The average molecular weight is 294 g/mol. The van der Waals surface area contributed by atoms with Gasteiger partial charge in [0.2, 0.25) is 0 Å². The van der Waals surface area contributed by atoms with Crippen molar-refractivity contribution in [3.63, 3.8) is 0 Å². The summed E-state index contributed by atoms with van der Waals surface area (Å²) in [5.41, 5.74) is -0.284. The van der Waals surface area contributed by atoms with E-state index >= 15 is 0 Å². The van der Waals surface area contributed by atoms with E-state index in [4.69, 9.17) is 9.52 Å². The zero-order valence-corrected chi connectivity index (χ0v) is 12.1. The summed E-state index contributed by atoms with van der Waals surface area (Å²) >= 11 is 1.31. The Hall–Kier alpha value is -2.15. The SMILES string of the molecule is CN(C(=O)c1csc(-c2ccoc2)n1)C(C)(C)C(=O)O. The van der Waals surface area contributed by atoms with Gasteiger partial charge in [-0.25, -0.2) is 9.78 Å². The Labute approximate surface area is 119 Å². The van der Waals surface area contributed by atoms with Gasteiger partial charge in [-0.1, -0.05) is 0 Å². The number of likely N-dealkylation sites (N-methyl/N-ethyl adjacent to an activating group) is 1. The van der Waals surface area contributed by atoms with Crippen LogP contribution in [0.15, 0.2) is 28.4 Å². The Morgan fingerprint density at radius 3 is 2.70 bits per heavy atom. The third-order valence-corrected chi connectivity index (χ3v) is 4.05. The fourth-order valence-corrected chi connectivity index (χ4v) is 2.24. The van der Waals surface area contributed by atoms with Gasteiger partial charge in [-0.3, -0.25) is 4.79 Å². The van der Waals surface area contributed by atoms with Crippen molar-refractivity contribution in [2.45, 2.75) is 19.4 Å². The van der Waals surface area contributed by atoms with Crippen LogP contribution in [0.1, 0.15) is 24.3 Å². The number of hydrogen-bond acceptors (Lipinski definition) is 5. The molecule has 2 aromatic heterocycles. The molecule has 7 heteroatoms. The molecular weight excluding hydrogens is 280 g/mol. The summed E-state index contributed by atoms with van der Waals surface area (Å²) in [5.74, 6) is -1.50. The highest BCUT2D eigenvalue weighted by Crippen LogP contribution is 2.25. The molecular formula is C13H14N2O4S. The summed E-state index contributed by atoms with van der Waals surface area (Å²) < 4.78 is 4.97. The highest BCUT2D eigenvalue weighted by Gasteiger charge is 2.36. The van der Waals surface area contributed by atoms with Crippen molar-refractivity contribution in [3.05, 3.63) is 29.7 Å². The Morgan fingerprint density at radius 1 is 1.45 bits per heavy atom. The van der Waals surface area contributed by atoms with Gasteiger partial charge in [0.05, 0.1) is 6.26 Å². The van der Waals surface area contributed by atoms with E-state index in [2.05, 4.69) is 4.98 Å². The summed E-state index contributed by atoms with van der Waals surface area (Å²) in [7, 11) is 1.45. The molecule has 0 aliphatic rings. The van der Waals surface area contributed by atoms with Crippen molar-refractivity contribution in [3.8, 4) is 10.6 Å². The second kappa shape index (κ2) is 5.09. The molecule has 0 aliphatic heterocycles. The fourth-order valence-electron chi connectivity index (χ4n) is 1.46. The van der Waals surface area contributed by atoms with Gasteiger partial charge in [-0.05, 0) is 19.9 Å². The molecule has 0 unspecified atom stereocenters. The first-order valence-corrected chi connectivity index (χ1v) is 6.71. The van der Waals surface area contributed by atoms with E-state index in [0.29, 0.717) is 5.01 Å². The van der Waals surface area contributed by atoms with Crippen LogP contribution in [0.5, 0.6) is 0 Å². The quantitative estimate of drug-likeness (QED) is 0.935. The first-order valence-electron chi connectivity index (χ1n) is 5.83. The summed E-state index contributed by atoms with van der Waals surface area (Å²) in [6, 6.07) is 1.75. The maximum absolute atomic E-state index is 12.3. The topological polar surface area (TPSA) is 83.6 Å². The third-order valence-electron chi connectivity index (χ3n) is 3.16. The molecule has 20 heavy (non-hydrogen) atoms. The normalized spacial score (nSPS) is 11.3. The maximum Gasteiger partial charge on any atom is 0.329 e. The second-order valence-electron chi connectivity index (χ2n) is 4.78. The van der Waals surface area contributed by atoms with Gasteiger partial charge in [0, 0.05) is 18.0 Å². The Bertz CT molecular complexity index is 631. The van der Waals surface area contributed by atoms with Crippen molar-refractivity contribution in [2.75, 3.05) is 7.05 Å². The molecule has 0 aliphatic carbocycles. The molecule has 0 saturated heterocycles. The zero-order chi connectivity index (χ0) is 14.9. The molecule has 0 fully saturated rings. The van der Waals surface area contributed by atoms with Crippen LogP contribution in [-0.4, -0.2) is 39.5 Å². The lowest BCUT2D eigenvalue weighted by Crippen LogP contribution is -2.50. The molecule has 1 amide bonds. The monoisotopic (exact) mass is 294 g/mol. The number of carboxylic acid groups (broad SMARTS) is 1. The summed E-state index contributed by atoms with van der Waals surface area (Å²) in [4.78, 5) is 28.8. The Kier molecular flexibility index (Phi) is 3.63. The molecule has 2 heterocycles. The van der Waals surface area contributed by atoms with Crippen molar-refractivity contribution in [1.29, 1.82) is 0 Å². The largest absolute Gasteiger partial charge is 0.480 e. The van der Waals surface area contributed by atoms with E-state index in [1.165, 1.54) is 49.7 Å². The van der Waals surface area contributed by atoms with Crippen LogP contribution in [0.25, 0.3) is 10.6 Å². The molecule has 0 saturated carbocycles. The number of carboxylic acids is 1. The van der Waals surface area contributed by atoms with Crippen LogP contribution in [0.3, 0.4) is 0 Å². The Balaban J connectivity index is 2.24. The molecule has 0 aromatic carbocycles. The first-order chi connectivity index (χ1) is 9.34. The number of furan rings is 1. The number of amides is 1. The molecule has 0 atom stereocenters. The molecule has 6 nitrogen and oxygen atoms in total. The number of nitrogens with zero attached hydrogens (tertiary/aromatic N) is 2. The number of rotatable bonds is 4. The lowest BCUT2D eigenvalue weighted by molar-refractivity contribution is -0.147. The molecule has 106 valence electrons. The second-order valence-corrected chi connectivity index (χ2v) is 5.64. The minimum atomic E-state index is -1.30. The minimum Gasteiger partial charge on any atom is -0.480 e. The molecule has 1 N–H and O–H groups in total. The number of carbonyl (C=O) groups excluding carboxylic acids is 1. The van der Waals surface area contributed by atoms with E-state index in [0.717, 1.165) is 5.56 Å². The molecule has 0 bridgehead atoms. The van der Waals surface area contributed by atoms with Crippen LogP contribution < -0.4 is 0 Å². The number of thiazole rings is 1. The van der Waals surface area contributed by atoms with Gasteiger partial charge in [-0.15, -0.1) is 11.3 Å². The summed E-state index contributed by atoms with van der Waals surface area (Å²) in [6.45, 7) is 2.94. The third kappa shape index (κ3) is 2.44. The molecule has 0 radical (unpaired) electrons. The van der Waals surface area contributed by atoms with Gasteiger partial charge >= 0.3 is 5.97 Å². The number of hydrogen-bond donors (Lipinski definition) is 1. The lowest BCUT2D eigenvalue weighted by Gasteiger charge is -2.30. The van der Waals surface area contributed by atoms with Crippen molar-refractivity contribution in [2.24, 2.45) is 0 Å². The van der Waals surface area contributed by atoms with E-state index in [9.17, 15) is 9.59 Å². The first kappa shape index (κ1) is 14.3. The van der Waals surface area contributed by atoms with Gasteiger partial charge in [0.1, 0.15) is 22.5 Å². The number of carbonyl (C=O) groups is 2. The van der Waals surface area contributed by atoms with Crippen LogP contribution in [0.4, 0.5) is 0 Å². The Morgan fingerprint density at radius 2 is 2.15 bits per heavy atom. The van der Waals surface area contributed by atoms with Crippen LogP contribution in [-0.2, 0) is 4.79 Å². The standard InChI is InChI=1S/C13H14N2O4S/c1-13(2,12(17)18)15(3)11(16)9-7-20-10(14-9)8-4-5-19-6-8/h4-7H,1-3H3,(H,17,18). The van der Waals surface area contributed by atoms with Gasteiger partial charge in [0.15, 0.2) is 0 Å². The molecule has 0 spiro atoms. The summed E-state index contributed by atoms with van der Waals surface area (Å²) in [6.07, 6.45) is 3.07. The molecule has 2 rings (SSSR count). The van der Waals surface area contributed by atoms with E-state index < -0.39 is 17.4 Å². The highest BCUT2D eigenvalue weighted by molar-refractivity contribution is 7.13. The number of aromatic nitrogens is 1. The van der Waals surface area contributed by atoms with Crippen molar-refractivity contribution in [1.82, 2.24) is 9.88 Å². The van der Waals surface area contributed by atoms with E-state index in [-0.39, 0.29) is 5.69 Å². The predicted molar refractivity (Wildman–Crippen MR) is 73.6 cm³/mol. The zero-order valence-electron chi connectivity index (χ0n) is 11.3.